The number of aromatic nitrogens is 1. The molecule has 16 heavy (non-hydrogen) atoms. The van der Waals surface area contributed by atoms with Gasteiger partial charge in [-0.25, -0.2) is 9.78 Å². The molecule has 1 aliphatic rings. The van der Waals surface area contributed by atoms with Crippen LogP contribution in [0.15, 0.2) is 22.9 Å². The van der Waals surface area contributed by atoms with E-state index in [9.17, 15) is 9.90 Å². The van der Waals surface area contributed by atoms with Crippen molar-refractivity contribution in [2.24, 2.45) is 0 Å². The summed E-state index contributed by atoms with van der Waals surface area (Å²) in [4.78, 5) is 15.4. The quantitative estimate of drug-likeness (QED) is 0.674. The molecular weight excluding hydrogens is 274 g/mol. The second kappa shape index (κ2) is 4.14. The van der Waals surface area contributed by atoms with E-state index in [2.05, 4.69) is 25.7 Å². The summed E-state index contributed by atoms with van der Waals surface area (Å²) in [7, 11) is 1.28. The molecule has 0 spiro atoms. The highest BCUT2D eigenvalue weighted by Crippen LogP contribution is 2.51. The number of aliphatic hydroxyl groups excluding tert-OH is 1. The van der Waals surface area contributed by atoms with Crippen LogP contribution in [0.4, 0.5) is 0 Å². The minimum Gasteiger partial charge on any atom is -0.467 e. The molecule has 1 aromatic rings. The number of pyridine rings is 1. The molecule has 2 rings (SSSR count). The van der Waals surface area contributed by atoms with Gasteiger partial charge in [0.25, 0.3) is 0 Å². The smallest absolute Gasteiger partial charge is 0.335 e. The average molecular weight is 286 g/mol. The topological polar surface area (TPSA) is 59.4 Å². The van der Waals surface area contributed by atoms with Crippen molar-refractivity contribution in [1.82, 2.24) is 4.98 Å². The van der Waals surface area contributed by atoms with Gasteiger partial charge in [-0.15, -0.1) is 0 Å². The van der Waals surface area contributed by atoms with E-state index in [1.165, 1.54) is 7.11 Å². The normalized spacial score (nSPS) is 18.9. The number of carbonyl (C=O) groups is 1. The molecule has 0 aromatic carbocycles. The van der Waals surface area contributed by atoms with Crippen molar-refractivity contribution in [1.29, 1.82) is 0 Å². The number of halogens is 1. The summed E-state index contributed by atoms with van der Waals surface area (Å²) < 4.78 is 5.30. The van der Waals surface area contributed by atoms with E-state index in [0.717, 1.165) is 23.0 Å². The maximum atomic E-state index is 11.3. The summed E-state index contributed by atoms with van der Waals surface area (Å²) in [5.41, 5.74) is 0.398. The van der Waals surface area contributed by atoms with Gasteiger partial charge in [0, 0.05) is 11.6 Å². The van der Waals surface area contributed by atoms with E-state index in [4.69, 9.17) is 0 Å². The van der Waals surface area contributed by atoms with Crippen molar-refractivity contribution in [3.63, 3.8) is 0 Å². The molecule has 0 aliphatic heterocycles. The predicted octanol–water partition coefficient (Wildman–Crippen LogP) is 1.41. The SMILES string of the molecule is COC(=O)C(O)C1(c2ccc(Br)nc2)CC1. The molecule has 1 N–H and O–H groups in total. The Morgan fingerprint density at radius 1 is 1.62 bits per heavy atom. The van der Waals surface area contributed by atoms with E-state index < -0.39 is 17.5 Å². The highest BCUT2D eigenvalue weighted by molar-refractivity contribution is 9.10. The number of aliphatic hydroxyl groups is 1. The van der Waals surface area contributed by atoms with Gasteiger partial charge in [0.15, 0.2) is 6.10 Å². The molecule has 1 aliphatic carbocycles. The molecule has 1 fully saturated rings. The van der Waals surface area contributed by atoms with Crippen molar-refractivity contribution in [2.45, 2.75) is 24.4 Å². The summed E-state index contributed by atoms with van der Waals surface area (Å²) in [5, 5.41) is 9.92. The van der Waals surface area contributed by atoms with Crippen LogP contribution in [0.1, 0.15) is 18.4 Å². The molecule has 1 aromatic heterocycles. The first-order chi connectivity index (χ1) is 7.60. The van der Waals surface area contributed by atoms with Crippen molar-refractivity contribution in [2.75, 3.05) is 7.11 Å². The third-order valence-electron chi connectivity index (χ3n) is 3.04. The molecule has 4 nitrogen and oxygen atoms in total. The third kappa shape index (κ3) is 1.85. The first-order valence-electron chi connectivity index (χ1n) is 4.98. The van der Waals surface area contributed by atoms with Gasteiger partial charge in [-0.2, -0.15) is 0 Å². The van der Waals surface area contributed by atoms with E-state index in [-0.39, 0.29) is 0 Å². The lowest BCUT2D eigenvalue weighted by Crippen LogP contribution is -2.35. The molecule has 0 saturated heterocycles. The lowest BCUT2D eigenvalue weighted by Gasteiger charge is -2.20. The maximum Gasteiger partial charge on any atom is 0.335 e. The molecule has 0 bridgehead atoms. The Morgan fingerprint density at radius 3 is 2.75 bits per heavy atom. The minimum absolute atomic E-state index is 0.485. The highest BCUT2D eigenvalue weighted by Gasteiger charge is 2.54. The Bertz CT molecular complexity index is 400. The predicted molar refractivity (Wildman–Crippen MR) is 60.9 cm³/mol. The van der Waals surface area contributed by atoms with Gasteiger partial charge in [0.2, 0.25) is 0 Å². The standard InChI is InChI=1S/C11H12BrNO3/c1-16-10(15)9(14)11(4-5-11)7-2-3-8(12)13-6-7/h2-3,6,9,14H,4-5H2,1H3. The van der Waals surface area contributed by atoms with Gasteiger partial charge in [-0.3, -0.25) is 0 Å². The van der Waals surface area contributed by atoms with Crippen LogP contribution in [0.3, 0.4) is 0 Å². The number of methoxy groups -OCH3 is 1. The number of hydrogen-bond acceptors (Lipinski definition) is 4. The summed E-state index contributed by atoms with van der Waals surface area (Å²) in [6.45, 7) is 0. The molecule has 0 amide bonds. The number of hydrogen-bond donors (Lipinski definition) is 1. The molecule has 1 heterocycles. The van der Waals surface area contributed by atoms with E-state index in [1.54, 1.807) is 12.3 Å². The van der Waals surface area contributed by atoms with Crippen LogP contribution >= 0.6 is 15.9 Å². The summed E-state index contributed by atoms with van der Waals surface area (Å²) in [5.74, 6) is -0.583. The van der Waals surface area contributed by atoms with E-state index in [1.807, 2.05) is 6.07 Å². The van der Waals surface area contributed by atoms with Crippen LogP contribution in [0.5, 0.6) is 0 Å². The van der Waals surface area contributed by atoms with E-state index >= 15 is 0 Å². The monoisotopic (exact) mass is 285 g/mol. The first-order valence-corrected chi connectivity index (χ1v) is 5.77. The van der Waals surface area contributed by atoms with Crippen LogP contribution in [-0.2, 0) is 14.9 Å². The molecule has 5 heteroatoms. The summed E-state index contributed by atoms with van der Waals surface area (Å²) >= 11 is 3.25. The number of esters is 1. The fourth-order valence-corrected chi connectivity index (χ4v) is 2.10. The van der Waals surface area contributed by atoms with Gasteiger partial charge in [-0.1, -0.05) is 6.07 Å². The van der Waals surface area contributed by atoms with Crippen LogP contribution in [0.2, 0.25) is 0 Å². The van der Waals surface area contributed by atoms with Gasteiger partial charge in [-0.05, 0) is 40.4 Å². The highest BCUT2D eigenvalue weighted by atomic mass is 79.9. The van der Waals surface area contributed by atoms with Crippen LogP contribution in [-0.4, -0.2) is 29.3 Å². The van der Waals surface area contributed by atoms with Gasteiger partial charge in [0.1, 0.15) is 4.60 Å². The lowest BCUT2D eigenvalue weighted by molar-refractivity contribution is -0.152. The second-order valence-corrected chi connectivity index (χ2v) is 4.76. The van der Waals surface area contributed by atoms with Crippen molar-refractivity contribution < 1.29 is 14.6 Å². The fraction of sp³-hybridized carbons (Fsp3) is 0.455. The number of ether oxygens (including phenoxy) is 1. The Balaban J connectivity index is 2.26. The zero-order valence-corrected chi connectivity index (χ0v) is 10.4. The lowest BCUT2D eigenvalue weighted by atomic mass is 9.91. The molecule has 86 valence electrons. The number of rotatable bonds is 3. The second-order valence-electron chi connectivity index (χ2n) is 3.95. The third-order valence-corrected chi connectivity index (χ3v) is 3.51. The van der Waals surface area contributed by atoms with Crippen molar-refractivity contribution in [3.8, 4) is 0 Å². The van der Waals surface area contributed by atoms with Gasteiger partial charge in [0.05, 0.1) is 7.11 Å². The maximum absolute atomic E-state index is 11.3. The fourth-order valence-electron chi connectivity index (χ4n) is 1.86. The van der Waals surface area contributed by atoms with Crippen LogP contribution in [0.25, 0.3) is 0 Å². The van der Waals surface area contributed by atoms with Crippen molar-refractivity contribution >= 4 is 21.9 Å². The Labute approximate surface area is 102 Å². The summed E-state index contributed by atoms with van der Waals surface area (Å²) in [6.07, 6.45) is 2.16. The first kappa shape index (κ1) is 11.5. The van der Waals surface area contributed by atoms with Crippen LogP contribution in [0, 0.1) is 0 Å². The number of carbonyl (C=O) groups excluding carboxylic acids is 1. The largest absolute Gasteiger partial charge is 0.467 e. The van der Waals surface area contributed by atoms with Gasteiger partial charge < -0.3 is 9.84 Å². The van der Waals surface area contributed by atoms with E-state index in [0.29, 0.717) is 0 Å². The average Bonchev–Trinajstić information content (AvgIpc) is 3.09. The zero-order valence-electron chi connectivity index (χ0n) is 8.81. The Kier molecular flexibility index (Phi) is 2.99. The number of nitrogens with zero attached hydrogens (tertiary/aromatic N) is 1. The summed E-state index contributed by atoms with van der Waals surface area (Å²) in [6, 6.07) is 3.68. The van der Waals surface area contributed by atoms with Crippen LogP contribution < -0.4 is 0 Å². The van der Waals surface area contributed by atoms with Gasteiger partial charge >= 0.3 is 5.97 Å². The van der Waals surface area contributed by atoms with Crippen molar-refractivity contribution in [3.05, 3.63) is 28.5 Å². The Hall–Kier alpha value is -0.940. The molecule has 1 unspecified atom stereocenters. The Morgan fingerprint density at radius 2 is 2.31 bits per heavy atom. The molecule has 0 radical (unpaired) electrons. The minimum atomic E-state index is -1.10. The molecule has 1 atom stereocenters. The molecular formula is C11H12BrNO3. The zero-order chi connectivity index (χ0) is 11.8. The molecule has 1 saturated carbocycles.